The molecule has 0 aliphatic carbocycles. The lowest BCUT2D eigenvalue weighted by Crippen LogP contribution is -2.38. The van der Waals surface area contributed by atoms with E-state index >= 15 is 0 Å². The van der Waals surface area contributed by atoms with Crippen molar-refractivity contribution < 1.29 is 9.13 Å². The highest BCUT2D eigenvalue weighted by molar-refractivity contribution is 6.30. The number of benzene rings is 1. The average Bonchev–Trinajstić information content (AvgIpc) is 2.54. The molecule has 0 amide bonds. The first-order chi connectivity index (χ1) is 10.7. The van der Waals surface area contributed by atoms with E-state index in [0.29, 0.717) is 17.6 Å². The van der Waals surface area contributed by atoms with E-state index in [4.69, 9.17) is 16.3 Å². The first-order valence-corrected chi connectivity index (χ1v) is 7.68. The standard InChI is InChI=1S/C16H17ClFN3O/c17-13-9-19-16(20-10-13)22-14-5-7-21(8-6-14)11-12-3-1-2-4-15(12)18/h1-4,9-10,14H,5-8,11H2. The van der Waals surface area contributed by atoms with E-state index < -0.39 is 0 Å². The molecule has 0 saturated carbocycles. The van der Waals surface area contributed by atoms with Crippen LogP contribution >= 0.6 is 11.6 Å². The Morgan fingerprint density at radius 2 is 1.86 bits per heavy atom. The number of halogens is 2. The Kier molecular flexibility index (Phi) is 4.85. The smallest absolute Gasteiger partial charge is 0.316 e. The van der Waals surface area contributed by atoms with Gasteiger partial charge in [-0.3, -0.25) is 4.90 Å². The van der Waals surface area contributed by atoms with Crippen LogP contribution in [0.5, 0.6) is 6.01 Å². The fourth-order valence-electron chi connectivity index (χ4n) is 2.56. The fraction of sp³-hybridized carbons (Fsp3) is 0.375. The van der Waals surface area contributed by atoms with Crippen molar-refractivity contribution in [3.05, 3.63) is 53.1 Å². The van der Waals surface area contributed by atoms with Gasteiger partial charge in [0.1, 0.15) is 11.9 Å². The van der Waals surface area contributed by atoms with E-state index in [1.54, 1.807) is 6.07 Å². The molecule has 0 bridgehead atoms. The summed E-state index contributed by atoms with van der Waals surface area (Å²) in [6.45, 7) is 2.37. The molecule has 0 radical (unpaired) electrons. The molecular formula is C16H17ClFN3O. The molecule has 3 rings (SSSR count). The second kappa shape index (κ2) is 7.03. The van der Waals surface area contributed by atoms with Crippen molar-refractivity contribution in [2.75, 3.05) is 13.1 Å². The highest BCUT2D eigenvalue weighted by atomic mass is 35.5. The Morgan fingerprint density at radius 3 is 2.55 bits per heavy atom. The van der Waals surface area contributed by atoms with Crippen molar-refractivity contribution in [3.63, 3.8) is 0 Å². The molecule has 0 atom stereocenters. The molecule has 1 aliphatic rings. The number of aromatic nitrogens is 2. The number of piperidine rings is 1. The molecule has 2 aromatic rings. The van der Waals surface area contributed by atoms with Crippen molar-refractivity contribution in [3.8, 4) is 6.01 Å². The van der Waals surface area contributed by atoms with Gasteiger partial charge in [0, 0.05) is 25.2 Å². The lowest BCUT2D eigenvalue weighted by Gasteiger charge is -2.31. The average molecular weight is 322 g/mol. The van der Waals surface area contributed by atoms with Crippen LogP contribution in [0.4, 0.5) is 4.39 Å². The SMILES string of the molecule is Fc1ccccc1CN1CCC(Oc2ncc(Cl)cn2)CC1. The first kappa shape index (κ1) is 15.2. The minimum Gasteiger partial charge on any atom is -0.460 e. The topological polar surface area (TPSA) is 38.2 Å². The summed E-state index contributed by atoms with van der Waals surface area (Å²) in [4.78, 5) is 10.3. The van der Waals surface area contributed by atoms with Crippen LogP contribution in [0.15, 0.2) is 36.7 Å². The number of likely N-dealkylation sites (tertiary alicyclic amines) is 1. The summed E-state index contributed by atoms with van der Waals surface area (Å²) >= 11 is 5.75. The van der Waals surface area contributed by atoms with Gasteiger partial charge in [0.25, 0.3) is 0 Å². The quantitative estimate of drug-likeness (QED) is 0.866. The van der Waals surface area contributed by atoms with E-state index in [-0.39, 0.29) is 11.9 Å². The Labute approximate surface area is 133 Å². The third-order valence-electron chi connectivity index (χ3n) is 3.76. The molecule has 0 unspecified atom stereocenters. The summed E-state index contributed by atoms with van der Waals surface area (Å²) in [5.74, 6) is -0.143. The largest absolute Gasteiger partial charge is 0.460 e. The maximum atomic E-state index is 13.7. The molecule has 2 heterocycles. The zero-order valence-electron chi connectivity index (χ0n) is 12.1. The van der Waals surface area contributed by atoms with Gasteiger partial charge in [0.15, 0.2) is 0 Å². The van der Waals surface area contributed by atoms with Gasteiger partial charge < -0.3 is 4.74 Å². The predicted molar refractivity (Wildman–Crippen MR) is 82.4 cm³/mol. The maximum Gasteiger partial charge on any atom is 0.316 e. The van der Waals surface area contributed by atoms with Crippen molar-refractivity contribution in [1.29, 1.82) is 0 Å². The van der Waals surface area contributed by atoms with Gasteiger partial charge in [0.05, 0.1) is 17.4 Å². The molecule has 1 fully saturated rings. The molecule has 6 heteroatoms. The van der Waals surface area contributed by atoms with Crippen molar-refractivity contribution in [1.82, 2.24) is 14.9 Å². The van der Waals surface area contributed by atoms with Crippen LogP contribution in [0.2, 0.25) is 5.02 Å². The number of ether oxygens (including phenoxy) is 1. The molecule has 1 saturated heterocycles. The second-order valence-corrected chi connectivity index (χ2v) is 5.81. The molecule has 4 nitrogen and oxygen atoms in total. The number of nitrogens with zero attached hydrogens (tertiary/aromatic N) is 3. The number of hydrogen-bond donors (Lipinski definition) is 0. The van der Waals surface area contributed by atoms with Crippen LogP contribution in [-0.2, 0) is 6.54 Å². The zero-order valence-corrected chi connectivity index (χ0v) is 12.8. The maximum absolute atomic E-state index is 13.7. The van der Waals surface area contributed by atoms with E-state index in [0.717, 1.165) is 31.5 Å². The van der Waals surface area contributed by atoms with Gasteiger partial charge in [-0.1, -0.05) is 29.8 Å². The highest BCUT2D eigenvalue weighted by Crippen LogP contribution is 2.19. The van der Waals surface area contributed by atoms with Crippen molar-refractivity contribution in [2.45, 2.75) is 25.5 Å². The summed E-state index contributed by atoms with van der Waals surface area (Å²) in [5, 5.41) is 0.493. The van der Waals surface area contributed by atoms with E-state index in [1.165, 1.54) is 18.5 Å². The molecule has 1 aromatic heterocycles. The Morgan fingerprint density at radius 1 is 1.18 bits per heavy atom. The van der Waals surface area contributed by atoms with Crippen LogP contribution in [0, 0.1) is 5.82 Å². The molecule has 116 valence electrons. The zero-order chi connectivity index (χ0) is 15.4. The minimum absolute atomic E-state index is 0.0954. The van der Waals surface area contributed by atoms with E-state index in [2.05, 4.69) is 14.9 Å². The van der Waals surface area contributed by atoms with E-state index in [1.807, 2.05) is 12.1 Å². The molecular weight excluding hydrogens is 305 g/mol. The summed E-state index contributed by atoms with van der Waals surface area (Å²) in [7, 11) is 0. The second-order valence-electron chi connectivity index (χ2n) is 5.37. The van der Waals surface area contributed by atoms with Crippen molar-refractivity contribution >= 4 is 11.6 Å². The molecule has 1 aromatic carbocycles. The first-order valence-electron chi connectivity index (χ1n) is 7.30. The van der Waals surface area contributed by atoms with Crippen LogP contribution in [0.3, 0.4) is 0 Å². The van der Waals surface area contributed by atoms with Crippen molar-refractivity contribution in [2.24, 2.45) is 0 Å². The van der Waals surface area contributed by atoms with Gasteiger partial charge in [0.2, 0.25) is 0 Å². The van der Waals surface area contributed by atoms with Crippen LogP contribution in [-0.4, -0.2) is 34.1 Å². The normalized spacial score (nSPS) is 16.6. The summed E-state index contributed by atoms with van der Waals surface area (Å²) < 4.78 is 19.4. The summed E-state index contributed by atoms with van der Waals surface area (Å²) in [5.41, 5.74) is 0.739. The van der Waals surface area contributed by atoms with Gasteiger partial charge in [-0.25, -0.2) is 14.4 Å². The fourth-order valence-corrected chi connectivity index (χ4v) is 2.66. The number of hydrogen-bond acceptors (Lipinski definition) is 4. The monoisotopic (exact) mass is 321 g/mol. The molecule has 1 aliphatic heterocycles. The minimum atomic E-state index is -0.143. The molecule has 22 heavy (non-hydrogen) atoms. The van der Waals surface area contributed by atoms with E-state index in [9.17, 15) is 4.39 Å². The van der Waals surface area contributed by atoms with Gasteiger partial charge >= 0.3 is 6.01 Å². The third kappa shape index (κ3) is 3.93. The Balaban J connectivity index is 1.50. The van der Waals surface area contributed by atoms with Gasteiger partial charge in [-0.15, -0.1) is 0 Å². The number of rotatable bonds is 4. The highest BCUT2D eigenvalue weighted by Gasteiger charge is 2.21. The Hall–Kier alpha value is -1.72. The lowest BCUT2D eigenvalue weighted by atomic mass is 10.1. The van der Waals surface area contributed by atoms with Gasteiger partial charge in [-0.05, 0) is 18.9 Å². The molecule has 0 N–H and O–H groups in total. The Bertz CT molecular complexity index is 615. The summed E-state index contributed by atoms with van der Waals surface area (Å²) in [6.07, 6.45) is 4.90. The van der Waals surface area contributed by atoms with Crippen LogP contribution in [0.25, 0.3) is 0 Å². The van der Waals surface area contributed by atoms with Crippen LogP contribution < -0.4 is 4.74 Å². The molecule has 0 spiro atoms. The lowest BCUT2D eigenvalue weighted by molar-refractivity contribution is 0.0887. The predicted octanol–water partition coefficient (Wildman–Crippen LogP) is 3.31. The summed E-state index contributed by atoms with van der Waals surface area (Å²) in [6, 6.07) is 7.27. The van der Waals surface area contributed by atoms with Gasteiger partial charge in [-0.2, -0.15) is 0 Å². The third-order valence-corrected chi connectivity index (χ3v) is 3.95. The van der Waals surface area contributed by atoms with Crippen LogP contribution in [0.1, 0.15) is 18.4 Å².